The van der Waals surface area contributed by atoms with Crippen LogP contribution in [0.25, 0.3) is 11.0 Å². The van der Waals surface area contributed by atoms with Crippen LogP contribution in [0, 0.1) is 0 Å². The standard InChI is InChI=1S/C24H17ClO5/c25-19-10-4-1-8-17(19)14-28-22-12-6-3-9-18(22)24(27)29-15-20(26)23-13-16-7-2-5-11-21(16)30-23/h1-13H,14-15H2. The van der Waals surface area contributed by atoms with Gasteiger partial charge in [0.15, 0.2) is 12.4 Å². The molecular weight excluding hydrogens is 404 g/mol. The molecule has 1 heterocycles. The first-order valence-electron chi connectivity index (χ1n) is 9.26. The van der Waals surface area contributed by atoms with Crippen molar-refractivity contribution >= 4 is 34.3 Å². The number of rotatable bonds is 7. The molecule has 0 aliphatic rings. The monoisotopic (exact) mass is 420 g/mol. The van der Waals surface area contributed by atoms with E-state index in [2.05, 4.69) is 0 Å². The maximum atomic E-state index is 12.5. The van der Waals surface area contributed by atoms with E-state index in [0.29, 0.717) is 16.4 Å². The summed E-state index contributed by atoms with van der Waals surface area (Å²) in [6, 6.07) is 22.9. The molecule has 4 aromatic rings. The molecule has 0 radical (unpaired) electrons. The highest BCUT2D eigenvalue weighted by Gasteiger charge is 2.18. The molecule has 0 N–H and O–H groups in total. The number of esters is 1. The Hall–Kier alpha value is -3.57. The smallest absolute Gasteiger partial charge is 0.342 e. The molecule has 3 aromatic carbocycles. The van der Waals surface area contributed by atoms with Gasteiger partial charge in [0.25, 0.3) is 0 Å². The SMILES string of the molecule is O=C(COC(=O)c1ccccc1OCc1ccccc1Cl)c1cc2ccccc2o1. The Morgan fingerprint density at radius 1 is 0.900 bits per heavy atom. The van der Waals surface area contributed by atoms with Gasteiger partial charge in [0.05, 0.1) is 0 Å². The lowest BCUT2D eigenvalue weighted by molar-refractivity contribution is 0.0464. The van der Waals surface area contributed by atoms with Crippen molar-refractivity contribution in [2.75, 3.05) is 6.61 Å². The molecule has 0 bridgehead atoms. The summed E-state index contributed by atoms with van der Waals surface area (Å²) in [4.78, 5) is 24.9. The van der Waals surface area contributed by atoms with Crippen LogP contribution in [0.4, 0.5) is 0 Å². The van der Waals surface area contributed by atoms with E-state index in [0.717, 1.165) is 10.9 Å². The van der Waals surface area contributed by atoms with Gasteiger partial charge in [0.1, 0.15) is 23.5 Å². The van der Waals surface area contributed by atoms with Crippen LogP contribution in [0.1, 0.15) is 26.5 Å². The highest BCUT2D eigenvalue weighted by molar-refractivity contribution is 6.31. The number of hydrogen-bond acceptors (Lipinski definition) is 5. The summed E-state index contributed by atoms with van der Waals surface area (Å²) in [6.07, 6.45) is 0. The number of benzene rings is 3. The van der Waals surface area contributed by atoms with Crippen LogP contribution in [0.5, 0.6) is 5.75 Å². The summed E-state index contributed by atoms with van der Waals surface area (Å²) < 4.78 is 16.5. The number of ketones is 1. The van der Waals surface area contributed by atoms with Gasteiger partial charge in [-0.1, -0.05) is 60.1 Å². The molecule has 1 aromatic heterocycles. The average molecular weight is 421 g/mol. The molecule has 6 heteroatoms. The molecule has 0 unspecified atom stereocenters. The van der Waals surface area contributed by atoms with Gasteiger partial charge in [-0.2, -0.15) is 0 Å². The Bertz CT molecular complexity index is 1180. The Morgan fingerprint density at radius 3 is 2.47 bits per heavy atom. The zero-order valence-corrected chi connectivity index (χ0v) is 16.6. The van der Waals surface area contributed by atoms with E-state index in [1.54, 1.807) is 42.5 Å². The third-order valence-corrected chi connectivity index (χ3v) is 4.85. The third kappa shape index (κ3) is 4.36. The Balaban J connectivity index is 1.42. The summed E-state index contributed by atoms with van der Waals surface area (Å²) in [6.45, 7) is -0.237. The molecule has 150 valence electrons. The molecule has 0 amide bonds. The second-order valence-electron chi connectivity index (χ2n) is 6.52. The van der Waals surface area contributed by atoms with Crippen molar-refractivity contribution in [2.24, 2.45) is 0 Å². The minimum absolute atomic E-state index is 0.146. The van der Waals surface area contributed by atoms with Crippen molar-refractivity contribution in [3.05, 3.63) is 101 Å². The minimum Gasteiger partial charge on any atom is -0.488 e. The maximum absolute atomic E-state index is 12.5. The Labute approximate surface area is 177 Å². The summed E-state index contributed by atoms with van der Waals surface area (Å²) in [5.74, 6) is -0.589. The van der Waals surface area contributed by atoms with E-state index in [1.807, 2.05) is 36.4 Å². The molecule has 4 rings (SSSR count). The van der Waals surface area contributed by atoms with Crippen LogP contribution in [-0.4, -0.2) is 18.4 Å². The van der Waals surface area contributed by atoms with E-state index in [-0.39, 0.29) is 17.9 Å². The van der Waals surface area contributed by atoms with E-state index in [1.165, 1.54) is 0 Å². The predicted molar refractivity (Wildman–Crippen MR) is 113 cm³/mol. The highest BCUT2D eigenvalue weighted by Crippen LogP contribution is 2.23. The Morgan fingerprint density at radius 2 is 1.63 bits per heavy atom. The summed E-state index contributed by atoms with van der Waals surface area (Å²) in [5.41, 5.74) is 1.62. The zero-order chi connectivity index (χ0) is 20.9. The lowest BCUT2D eigenvalue weighted by Gasteiger charge is -2.11. The van der Waals surface area contributed by atoms with Crippen molar-refractivity contribution in [1.29, 1.82) is 0 Å². The van der Waals surface area contributed by atoms with Gasteiger partial charge in [0.2, 0.25) is 5.78 Å². The first-order valence-corrected chi connectivity index (χ1v) is 9.64. The zero-order valence-electron chi connectivity index (χ0n) is 15.8. The van der Waals surface area contributed by atoms with Gasteiger partial charge >= 0.3 is 5.97 Å². The number of carbonyl (C=O) groups excluding carboxylic acids is 2. The molecule has 30 heavy (non-hydrogen) atoms. The van der Waals surface area contributed by atoms with Crippen LogP contribution in [0.2, 0.25) is 5.02 Å². The number of carbonyl (C=O) groups is 2. The molecule has 5 nitrogen and oxygen atoms in total. The van der Waals surface area contributed by atoms with Gasteiger partial charge < -0.3 is 13.9 Å². The van der Waals surface area contributed by atoms with Crippen molar-refractivity contribution in [3.8, 4) is 5.75 Å². The summed E-state index contributed by atoms with van der Waals surface area (Å²) >= 11 is 6.15. The number of ether oxygens (including phenoxy) is 2. The predicted octanol–water partition coefficient (Wildman–Crippen LogP) is 5.70. The van der Waals surface area contributed by atoms with Crippen molar-refractivity contribution in [1.82, 2.24) is 0 Å². The minimum atomic E-state index is -0.658. The van der Waals surface area contributed by atoms with Crippen molar-refractivity contribution in [2.45, 2.75) is 6.61 Å². The highest BCUT2D eigenvalue weighted by atomic mass is 35.5. The molecule has 0 spiro atoms. The number of Topliss-reactive ketones (excluding diaryl/α,β-unsaturated/α-hetero) is 1. The van der Waals surface area contributed by atoms with Crippen LogP contribution in [0.3, 0.4) is 0 Å². The number of para-hydroxylation sites is 2. The fourth-order valence-corrected chi connectivity index (χ4v) is 3.12. The number of halogens is 1. The molecule has 0 saturated heterocycles. The first kappa shape index (κ1) is 19.7. The summed E-state index contributed by atoms with van der Waals surface area (Å²) in [7, 11) is 0. The second-order valence-corrected chi connectivity index (χ2v) is 6.93. The first-order chi connectivity index (χ1) is 14.6. The van der Waals surface area contributed by atoms with Gasteiger partial charge in [-0.25, -0.2) is 4.79 Å². The lowest BCUT2D eigenvalue weighted by Crippen LogP contribution is -2.14. The van der Waals surface area contributed by atoms with Gasteiger partial charge in [-0.15, -0.1) is 0 Å². The molecule has 0 saturated carbocycles. The average Bonchev–Trinajstić information content (AvgIpc) is 3.21. The van der Waals surface area contributed by atoms with Crippen LogP contribution in [-0.2, 0) is 11.3 Å². The van der Waals surface area contributed by atoms with E-state index in [9.17, 15) is 9.59 Å². The van der Waals surface area contributed by atoms with Gasteiger partial charge in [-0.05, 0) is 30.3 Å². The normalized spacial score (nSPS) is 10.7. The second kappa shape index (κ2) is 8.84. The van der Waals surface area contributed by atoms with Crippen LogP contribution >= 0.6 is 11.6 Å². The van der Waals surface area contributed by atoms with E-state index in [4.69, 9.17) is 25.5 Å². The molecule has 0 aliphatic heterocycles. The molecule has 0 fully saturated rings. The lowest BCUT2D eigenvalue weighted by atomic mass is 10.2. The number of fused-ring (bicyclic) bond motifs is 1. The number of hydrogen-bond donors (Lipinski definition) is 0. The van der Waals surface area contributed by atoms with Crippen LogP contribution < -0.4 is 4.74 Å². The quantitative estimate of drug-likeness (QED) is 0.283. The fraction of sp³-hybridized carbons (Fsp3) is 0.0833. The fourth-order valence-electron chi connectivity index (χ4n) is 2.93. The van der Waals surface area contributed by atoms with Gasteiger partial charge in [-0.3, -0.25) is 4.79 Å². The summed E-state index contributed by atoms with van der Waals surface area (Å²) in [5, 5.41) is 1.39. The van der Waals surface area contributed by atoms with E-state index < -0.39 is 18.4 Å². The third-order valence-electron chi connectivity index (χ3n) is 4.48. The van der Waals surface area contributed by atoms with Crippen LogP contribution in [0.15, 0.2) is 83.3 Å². The maximum Gasteiger partial charge on any atom is 0.342 e. The topological polar surface area (TPSA) is 65.7 Å². The largest absolute Gasteiger partial charge is 0.488 e. The van der Waals surface area contributed by atoms with Gasteiger partial charge in [0, 0.05) is 16.0 Å². The molecule has 0 aliphatic carbocycles. The molecule has 0 atom stereocenters. The van der Waals surface area contributed by atoms with Crippen molar-refractivity contribution in [3.63, 3.8) is 0 Å². The number of furan rings is 1. The molecular formula is C24H17ClO5. The Kier molecular flexibility index (Phi) is 5.82. The van der Waals surface area contributed by atoms with E-state index >= 15 is 0 Å². The van der Waals surface area contributed by atoms with Crippen molar-refractivity contribution < 1.29 is 23.5 Å².